The Balaban J connectivity index is 1.90. The molecule has 2 rings (SSSR count). The number of aromatic nitrogens is 1. The van der Waals surface area contributed by atoms with Crippen molar-refractivity contribution in [2.24, 2.45) is 7.05 Å². The molecule has 16 heavy (non-hydrogen) atoms. The summed E-state index contributed by atoms with van der Waals surface area (Å²) in [7, 11) is 1.94. The van der Waals surface area contributed by atoms with E-state index in [9.17, 15) is 4.79 Å². The van der Waals surface area contributed by atoms with Crippen LogP contribution >= 0.6 is 0 Å². The smallest absolute Gasteiger partial charge is 0.178 e. The van der Waals surface area contributed by atoms with Crippen LogP contribution in [-0.2, 0) is 7.05 Å². The van der Waals surface area contributed by atoms with Gasteiger partial charge in [-0.3, -0.25) is 9.69 Å². The molecule has 0 unspecified atom stereocenters. The van der Waals surface area contributed by atoms with Crippen LogP contribution in [0.4, 0.5) is 0 Å². The van der Waals surface area contributed by atoms with Crippen LogP contribution in [0.15, 0.2) is 18.5 Å². The van der Waals surface area contributed by atoms with E-state index in [1.54, 1.807) is 0 Å². The fraction of sp³-hybridized carbons (Fsp3) is 0.583. The number of carbonyl (C=O) groups is 1. The number of ketones is 1. The van der Waals surface area contributed by atoms with Gasteiger partial charge in [0.15, 0.2) is 5.78 Å². The molecule has 0 bridgehead atoms. The minimum absolute atomic E-state index is 0.225. The summed E-state index contributed by atoms with van der Waals surface area (Å²) in [6, 6.07) is 1.89. The fourth-order valence-electron chi connectivity index (χ4n) is 2.02. The summed E-state index contributed by atoms with van der Waals surface area (Å²) < 4.78 is 1.91. The van der Waals surface area contributed by atoms with Crippen molar-refractivity contribution in [3.05, 3.63) is 24.0 Å². The van der Waals surface area contributed by atoms with Gasteiger partial charge < -0.3 is 9.88 Å². The molecule has 1 N–H and O–H groups in total. The summed E-state index contributed by atoms with van der Waals surface area (Å²) in [5.74, 6) is 0.225. The third-order valence-electron chi connectivity index (χ3n) is 2.95. The average Bonchev–Trinajstić information content (AvgIpc) is 2.54. The van der Waals surface area contributed by atoms with Gasteiger partial charge in [0.05, 0.1) is 6.54 Å². The van der Waals surface area contributed by atoms with Crippen LogP contribution in [0.1, 0.15) is 16.8 Å². The highest BCUT2D eigenvalue weighted by atomic mass is 16.1. The zero-order valence-corrected chi connectivity index (χ0v) is 9.78. The Kier molecular flexibility index (Phi) is 3.74. The second kappa shape index (κ2) is 5.27. The number of nitrogens with one attached hydrogen (secondary N) is 1. The Morgan fingerprint density at radius 1 is 1.44 bits per heavy atom. The molecule has 2 heterocycles. The van der Waals surface area contributed by atoms with Gasteiger partial charge in [-0.05, 0) is 25.6 Å². The molecule has 88 valence electrons. The highest BCUT2D eigenvalue weighted by molar-refractivity contribution is 5.97. The number of rotatable bonds is 3. The van der Waals surface area contributed by atoms with Crippen molar-refractivity contribution >= 4 is 5.78 Å². The maximum atomic E-state index is 12.0. The largest absolute Gasteiger partial charge is 0.357 e. The van der Waals surface area contributed by atoms with E-state index < -0.39 is 0 Å². The molecule has 0 saturated carbocycles. The molecule has 4 heteroatoms. The van der Waals surface area contributed by atoms with Gasteiger partial charge in [0.1, 0.15) is 0 Å². The van der Waals surface area contributed by atoms with E-state index in [4.69, 9.17) is 0 Å². The molecule has 0 aliphatic carbocycles. The van der Waals surface area contributed by atoms with E-state index in [-0.39, 0.29) is 5.78 Å². The maximum Gasteiger partial charge on any atom is 0.178 e. The molecule has 0 atom stereocenters. The SMILES string of the molecule is Cn1ccc(C(=O)CN2CCCNCC2)c1. The van der Waals surface area contributed by atoms with Crippen LogP contribution < -0.4 is 5.32 Å². The van der Waals surface area contributed by atoms with Crippen LogP contribution in [0.2, 0.25) is 0 Å². The summed E-state index contributed by atoms with van der Waals surface area (Å²) in [5, 5.41) is 3.34. The highest BCUT2D eigenvalue weighted by Crippen LogP contribution is 2.04. The molecule has 1 aromatic heterocycles. The summed E-state index contributed by atoms with van der Waals surface area (Å²) >= 11 is 0. The Hall–Kier alpha value is -1.13. The number of Topliss-reactive ketones (excluding diaryl/α,β-unsaturated/α-hetero) is 1. The van der Waals surface area contributed by atoms with Gasteiger partial charge >= 0.3 is 0 Å². The lowest BCUT2D eigenvalue weighted by atomic mass is 10.2. The molecule has 1 aromatic rings. The minimum atomic E-state index is 0.225. The Labute approximate surface area is 96.2 Å². The minimum Gasteiger partial charge on any atom is -0.357 e. The summed E-state index contributed by atoms with van der Waals surface area (Å²) in [6.45, 7) is 4.59. The van der Waals surface area contributed by atoms with Crippen molar-refractivity contribution in [3.63, 3.8) is 0 Å². The molecule has 0 aromatic carbocycles. The van der Waals surface area contributed by atoms with Crippen molar-refractivity contribution < 1.29 is 4.79 Å². The summed E-state index contributed by atoms with van der Waals surface area (Å²) in [4.78, 5) is 14.2. The van der Waals surface area contributed by atoms with Gasteiger partial charge in [-0.1, -0.05) is 0 Å². The monoisotopic (exact) mass is 221 g/mol. The first-order valence-electron chi connectivity index (χ1n) is 5.84. The lowest BCUT2D eigenvalue weighted by molar-refractivity contribution is 0.0935. The Bertz CT molecular complexity index is 351. The molecule has 0 amide bonds. The first-order valence-corrected chi connectivity index (χ1v) is 5.84. The van der Waals surface area contributed by atoms with E-state index in [0.29, 0.717) is 6.54 Å². The second-order valence-electron chi connectivity index (χ2n) is 4.37. The number of carbonyl (C=O) groups excluding carboxylic acids is 1. The van der Waals surface area contributed by atoms with Gasteiger partial charge in [-0.25, -0.2) is 0 Å². The van der Waals surface area contributed by atoms with Crippen molar-refractivity contribution in [3.8, 4) is 0 Å². The molecule has 0 radical (unpaired) electrons. The lowest BCUT2D eigenvalue weighted by Crippen LogP contribution is -2.33. The van der Waals surface area contributed by atoms with Crippen LogP contribution in [0, 0.1) is 0 Å². The van der Waals surface area contributed by atoms with E-state index in [2.05, 4.69) is 10.2 Å². The molecular weight excluding hydrogens is 202 g/mol. The Morgan fingerprint density at radius 3 is 3.06 bits per heavy atom. The van der Waals surface area contributed by atoms with Crippen molar-refractivity contribution in [2.45, 2.75) is 6.42 Å². The van der Waals surface area contributed by atoms with Gasteiger partial charge in [0.2, 0.25) is 0 Å². The summed E-state index contributed by atoms with van der Waals surface area (Å²) in [5.41, 5.74) is 0.819. The lowest BCUT2D eigenvalue weighted by Gasteiger charge is -2.17. The molecule has 1 aliphatic heterocycles. The van der Waals surface area contributed by atoms with Crippen LogP contribution in [0.3, 0.4) is 0 Å². The average molecular weight is 221 g/mol. The zero-order chi connectivity index (χ0) is 11.4. The molecular formula is C12H19N3O. The third-order valence-corrected chi connectivity index (χ3v) is 2.95. The van der Waals surface area contributed by atoms with E-state index in [0.717, 1.165) is 38.2 Å². The molecule has 1 fully saturated rings. The van der Waals surface area contributed by atoms with Crippen molar-refractivity contribution in [1.29, 1.82) is 0 Å². The number of hydrogen-bond donors (Lipinski definition) is 1. The molecule has 0 spiro atoms. The van der Waals surface area contributed by atoms with Crippen molar-refractivity contribution in [2.75, 3.05) is 32.7 Å². The first kappa shape index (κ1) is 11.4. The van der Waals surface area contributed by atoms with E-state index in [1.807, 2.05) is 30.1 Å². The number of aryl methyl sites for hydroxylation is 1. The molecule has 4 nitrogen and oxygen atoms in total. The van der Waals surface area contributed by atoms with Crippen LogP contribution in [-0.4, -0.2) is 48.0 Å². The highest BCUT2D eigenvalue weighted by Gasteiger charge is 2.14. The Morgan fingerprint density at radius 2 is 2.31 bits per heavy atom. The maximum absolute atomic E-state index is 12.0. The quantitative estimate of drug-likeness (QED) is 0.755. The topological polar surface area (TPSA) is 37.3 Å². The van der Waals surface area contributed by atoms with Crippen LogP contribution in [0.25, 0.3) is 0 Å². The van der Waals surface area contributed by atoms with Gasteiger partial charge in [0.25, 0.3) is 0 Å². The van der Waals surface area contributed by atoms with Gasteiger partial charge in [-0.2, -0.15) is 0 Å². The second-order valence-corrected chi connectivity index (χ2v) is 4.37. The normalized spacial score (nSPS) is 18.3. The summed E-state index contributed by atoms with van der Waals surface area (Å²) in [6.07, 6.45) is 4.93. The number of nitrogens with zero attached hydrogens (tertiary/aromatic N) is 2. The predicted octanol–water partition coefficient (Wildman–Crippen LogP) is 0.503. The van der Waals surface area contributed by atoms with E-state index in [1.165, 1.54) is 0 Å². The predicted molar refractivity (Wildman–Crippen MR) is 63.7 cm³/mol. The number of hydrogen-bond acceptors (Lipinski definition) is 3. The third kappa shape index (κ3) is 2.93. The first-order chi connectivity index (χ1) is 7.75. The molecule has 1 aliphatic rings. The standard InChI is InChI=1S/C12H19N3O/c1-14-7-3-11(9-14)12(16)10-15-6-2-4-13-5-8-15/h3,7,9,13H,2,4-6,8,10H2,1H3. The van der Waals surface area contributed by atoms with Crippen molar-refractivity contribution in [1.82, 2.24) is 14.8 Å². The van der Waals surface area contributed by atoms with Gasteiger partial charge in [-0.15, -0.1) is 0 Å². The molecule has 1 saturated heterocycles. The van der Waals surface area contributed by atoms with E-state index >= 15 is 0 Å². The zero-order valence-electron chi connectivity index (χ0n) is 9.78. The fourth-order valence-corrected chi connectivity index (χ4v) is 2.02. The van der Waals surface area contributed by atoms with Crippen LogP contribution in [0.5, 0.6) is 0 Å². The van der Waals surface area contributed by atoms with Gasteiger partial charge in [0, 0.05) is 38.1 Å².